The lowest BCUT2D eigenvalue weighted by atomic mass is 9.88. The van der Waals surface area contributed by atoms with E-state index in [0.29, 0.717) is 22.5 Å². The molecular formula is C24H16N2O3. The van der Waals surface area contributed by atoms with E-state index in [9.17, 15) is 9.59 Å². The van der Waals surface area contributed by atoms with Crippen LogP contribution in [-0.4, -0.2) is 16.9 Å². The molecule has 0 bridgehead atoms. The number of amides is 1. The monoisotopic (exact) mass is 380 g/mol. The van der Waals surface area contributed by atoms with E-state index in [1.54, 1.807) is 42.6 Å². The van der Waals surface area contributed by atoms with Gasteiger partial charge in [0.15, 0.2) is 0 Å². The van der Waals surface area contributed by atoms with Crippen LogP contribution < -0.4 is 5.32 Å². The van der Waals surface area contributed by atoms with Crippen molar-refractivity contribution in [3.63, 3.8) is 0 Å². The van der Waals surface area contributed by atoms with Crippen LogP contribution in [0.2, 0.25) is 0 Å². The van der Waals surface area contributed by atoms with Crippen molar-refractivity contribution in [3.05, 3.63) is 108 Å². The maximum atomic E-state index is 13.3. The summed E-state index contributed by atoms with van der Waals surface area (Å²) in [7, 11) is 0. The van der Waals surface area contributed by atoms with Crippen molar-refractivity contribution < 1.29 is 14.3 Å². The van der Waals surface area contributed by atoms with Crippen LogP contribution in [0.25, 0.3) is 10.8 Å². The number of rotatable bonds is 3. The van der Waals surface area contributed by atoms with E-state index in [2.05, 4.69) is 10.3 Å². The van der Waals surface area contributed by atoms with Crippen LogP contribution in [0.5, 0.6) is 0 Å². The fourth-order valence-electron chi connectivity index (χ4n) is 3.79. The standard InChI is InChI=1S/C24H16N2O3/c27-22(17-9-2-1-3-10-17)29-24(19-12-6-7-13-20(19)26-23(24)28)21-18-11-5-4-8-16(18)14-15-25-21/h1-15H,(H,26,28)/t24-/m0/s1. The number of anilines is 1. The molecule has 140 valence electrons. The molecule has 0 unspecified atom stereocenters. The second kappa shape index (κ2) is 6.56. The predicted molar refractivity (Wildman–Crippen MR) is 109 cm³/mol. The molecule has 0 spiro atoms. The molecule has 1 N–H and O–H groups in total. The molecule has 1 aromatic heterocycles. The van der Waals surface area contributed by atoms with E-state index in [0.717, 1.165) is 10.8 Å². The van der Waals surface area contributed by atoms with Gasteiger partial charge in [-0.15, -0.1) is 0 Å². The molecule has 0 saturated carbocycles. The van der Waals surface area contributed by atoms with E-state index >= 15 is 0 Å². The molecule has 1 aliphatic heterocycles. The highest BCUT2D eigenvalue weighted by Crippen LogP contribution is 2.45. The van der Waals surface area contributed by atoms with Gasteiger partial charge in [0.05, 0.1) is 5.56 Å². The number of para-hydroxylation sites is 1. The summed E-state index contributed by atoms with van der Waals surface area (Å²) in [5.41, 5.74) is 0.252. The minimum Gasteiger partial charge on any atom is -0.433 e. The Hall–Kier alpha value is -3.99. The number of aromatic nitrogens is 1. The molecule has 1 amide bonds. The molecule has 5 nitrogen and oxygen atoms in total. The largest absolute Gasteiger partial charge is 0.433 e. The lowest BCUT2D eigenvalue weighted by molar-refractivity contribution is -0.131. The van der Waals surface area contributed by atoms with Crippen molar-refractivity contribution in [1.29, 1.82) is 0 Å². The second-order valence-corrected chi connectivity index (χ2v) is 6.82. The first kappa shape index (κ1) is 17.1. The van der Waals surface area contributed by atoms with E-state index in [1.807, 2.05) is 48.5 Å². The van der Waals surface area contributed by atoms with Crippen LogP contribution >= 0.6 is 0 Å². The highest BCUT2D eigenvalue weighted by Gasteiger charge is 2.54. The average molecular weight is 380 g/mol. The third kappa shape index (κ3) is 2.59. The summed E-state index contributed by atoms with van der Waals surface area (Å²) in [5.74, 6) is -1.03. The van der Waals surface area contributed by atoms with Crippen LogP contribution in [0.1, 0.15) is 21.6 Å². The topological polar surface area (TPSA) is 68.3 Å². The van der Waals surface area contributed by atoms with E-state index < -0.39 is 17.5 Å². The maximum absolute atomic E-state index is 13.3. The number of benzene rings is 3. The van der Waals surface area contributed by atoms with Gasteiger partial charge in [0.1, 0.15) is 5.69 Å². The fraction of sp³-hybridized carbons (Fsp3) is 0.0417. The highest BCUT2D eigenvalue weighted by atomic mass is 16.6. The Morgan fingerprint density at radius 2 is 1.59 bits per heavy atom. The number of nitrogens with one attached hydrogen (secondary N) is 1. The molecule has 1 aliphatic rings. The molecule has 0 radical (unpaired) electrons. The third-order valence-corrected chi connectivity index (χ3v) is 5.14. The molecule has 0 aliphatic carbocycles. The zero-order valence-electron chi connectivity index (χ0n) is 15.3. The Labute approximate surface area is 167 Å². The van der Waals surface area contributed by atoms with E-state index in [-0.39, 0.29) is 0 Å². The summed E-state index contributed by atoms with van der Waals surface area (Å²) in [5, 5.41) is 4.51. The van der Waals surface area contributed by atoms with Crippen LogP contribution in [0.15, 0.2) is 91.1 Å². The Morgan fingerprint density at radius 1 is 0.862 bits per heavy atom. The lowest BCUT2D eigenvalue weighted by Crippen LogP contribution is -2.41. The van der Waals surface area contributed by atoms with Gasteiger partial charge < -0.3 is 10.1 Å². The average Bonchev–Trinajstić information content (AvgIpc) is 3.06. The van der Waals surface area contributed by atoms with Gasteiger partial charge in [-0.2, -0.15) is 0 Å². The number of hydrogen-bond donors (Lipinski definition) is 1. The quantitative estimate of drug-likeness (QED) is 0.539. The normalized spacial score (nSPS) is 17.6. The number of esters is 1. The van der Waals surface area contributed by atoms with Gasteiger partial charge in [0.25, 0.3) is 11.5 Å². The number of fused-ring (bicyclic) bond motifs is 2. The molecule has 5 heteroatoms. The van der Waals surface area contributed by atoms with Crippen molar-refractivity contribution in [1.82, 2.24) is 4.98 Å². The third-order valence-electron chi connectivity index (χ3n) is 5.14. The maximum Gasteiger partial charge on any atom is 0.339 e. The zero-order chi connectivity index (χ0) is 19.8. The zero-order valence-corrected chi connectivity index (χ0v) is 15.3. The number of hydrogen-bond acceptors (Lipinski definition) is 4. The van der Waals surface area contributed by atoms with Crippen molar-refractivity contribution in [2.24, 2.45) is 0 Å². The molecule has 3 aromatic carbocycles. The van der Waals surface area contributed by atoms with Gasteiger partial charge in [-0.3, -0.25) is 9.78 Å². The number of nitrogens with zero attached hydrogens (tertiary/aromatic N) is 1. The smallest absolute Gasteiger partial charge is 0.339 e. The van der Waals surface area contributed by atoms with Crippen LogP contribution in [0.4, 0.5) is 5.69 Å². The van der Waals surface area contributed by atoms with Gasteiger partial charge in [0, 0.05) is 22.8 Å². The number of carbonyl (C=O) groups is 2. The van der Waals surface area contributed by atoms with Crippen molar-refractivity contribution in [2.45, 2.75) is 5.60 Å². The first-order valence-corrected chi connectivity index (χ1v) is 9.24. The predicted octanol–water partition coefficient (Wildman–Crippen LogP) is 4.29. The van der Waals surface area contributed by atoms with Gasteiger partial charge in [0.2, 0.25) is 0 Å². The Bertz CT molecular complexity index is 1250. The van der Waals surface area contributed by atoms with Gasteiger partial charge in [-0.05, 0) is 29.7 Å². The van der Waals surface area contributed by atoms with Crippen molar-refractivity contribution >= 4 is 28.3 Å². The highest BCUT2D eigenvalue weighted by molar-refractivity contribution is 6.11. The Balaban J connectivity index is 1.77. The van der Waals surface area contributed by atoms with E-state index in [1.165, 1.54) is 0 Å². The lowest BCUT2D eigenvalue weighted by Gasteiger charge is -2.28. The van der Waals surface area contributed by atoms with Gasteiger partial charge >= 0.3 is 5.97 Å². The molecule has 0 saturated heterocycles. The molecule has 2 heterocycles. The summed E-state index contributed by atoms with van der Waals surface area (Å²) in [4.78, 5) is 30.9. The molecule has 1 atom stereocenters. The van der Waals surface area contributed by atoms with Crippen molar-refractivity contribution in [2.75, 3.05) is 5.32 Å². The molecule has 0 fully saturated rings. The number of pyridine rings is 1. The Morgan fingerprint density at radius 3 is 2.45 bits per heavy atom. The number of carbonyl (C=O) groups excluding carboxylic acids is 2. The molecular weight excluding hydrogens is 364 g/mol. The fourth-order valence-corrected chi connectivity index (χ4v) is 3.79. The molecule has 4 aromatic rings. The number of ether oxygens (including phenoxy) is 1. The van der Waals surface area contributed by atoms with Gasteiger partial charge in [-0.1, -0.05) is 60.7 Å². The van der Waals surface area contributed by atoms with Crippen LogP contribution in [0.3, 0.4) is 0 Å². The van der Waals surface area contributed by atoms with Gasteiger partial charge in [-0.25, -0.2) is 4.79 Å². The van der Waals surface area contributed by atoms with Crippen molar-refractivity contribution in [3.8, 4) is 0 Å². The first-order valence-electron chi connectivity index (χ1n) is 9.24. The molecule has 29 heavy (non-hydrogen) atoms. The summed E-state index contributed by atoms with van der Waals surface area (Å²) in [6.45, 7) is 0. The SMILES string of the molecule is O=C(O[C@@]1(c2nccc3ccccc23)C(=O)Nc2ccccc21)c1ccccc1. The minimum absolute atomic E-state index is 0.365. The molecule has 5 rings (SSSR count). The van der Waals surface area contributed by atoms with E-state index in [4.69, 9.17) is 4.74 Å². The van der Waals surface area contributed by atoms with Crippen LogP contribution in [0, 0.1) is 0 Å². The van der Waals surface area contributed by atoms with Crippen LogP contribution in [-0.2, 0) is 15.1 Å². The summed E-state index contributed by atoms with van der Waals surface area (Å²) >= 11 is 0. The summed E-state index contributed by atoms with van der Waals surface area (Å²) in [6.07, 6.45) is 1.63. The Kier molecular flexibility index (Phi) is 3.88. The second-order valence-electron chi connectivity index (χ2n) is 6.82. The minimum atomic E-state index is -1.68. The summed E-state index contributed by atoms with van der Waals surface area (Å²) < 4.78 is 6.00. The summed E-state index contributed by atoms with van der Waals surface area (Å²) in [6, 6.07) is 25.3. The first-order chi connectivity index (χ1) is 14.2.